The van der Waals surface area contributed by atoms with E-state index in [0.29, 0.717) is 17.7 Å². The lowest BCUT2D eigenvalue weighted by Gasteiger charge is -2.45. The number of aromatic nitrogens is 4. The number of benzene rings is 1. The van der Waals surface area contributed by atoms with Crippen LogP contribution in [-0.4, -0.2) is 36.0 Å². The predicted molar refractivity (Wildman–Crippen MR) is 119 cm³/mol. The number of pyridine rings is 1. The fourth-order valence-electron chi connectivity index (χ4n) is 5.58. The molecule has 0 N–H and O–H groups in total. The summed E-state index contributed by atoms with van der Waals surface area (Å²) in [5.41, 5.74) is 4.72. The number of imidazole rings is 1. The molecule has 0 radical (unpaired) electrons. The molecule has 174 valence electrons. The van der Waals surface area contributed by atoms with E-state index in [1.54, 1.807) is 24.0 Å². The van der Waals surface area contributed by atoms with Crippen LogP contribution in [-0.2, 0) is 13.5 Å². The van der Waals surface area contributed by atoms with E-state index in [9.17, 15) is 18.0 Å². The van der Waals surface area contributed by atoms with Crippen molar-refractivity contribution in [2.75, 3.05) is 0 Å². The van der Waals surface area contributed by atoms with Crippen molar-refractivity contribution in [2.24, 2.45) is 7.05 Å². The summed E-state index contributed by atoms with van der Waals surface area (Å²) >= 11 is 0. The van der Waals surface area contributed by atoms with Crippen LogP contribution >= 0.6 is 0 Å². The topological polar surface area (TPSA) is 55.4 Å². The maximum Gasteiger partial charge on any atom is 0.256 e. The van der Waals surface area contributed by atoms with Gasteiger partial charge in [0.15, 0.2) is 17.5 Å². The van der Waals surface area contributed by atoms with Gasteiger partial charge in [0.05, 0.1) is 23.0 Å². The monoisotopic (exact) mass is 465 g/mol. The van der Waals surface area contributed by atoms with Crippen LogP contribution in [0.4, 0.5) is 13.2 Å². The van der Waals surface area contributed by atoms with Crippen LogP contribution in [0.3, 0.4) is 0 Å². The number of rotatable bonds is 2. The van der Waals surface area contributed by atoms with Gasteiger partial charge in [-0.2, -0.15) is 5.10 Å². The van der Waals surface area contributed by atoms with Gasteiger partial charge in [0.2, 0.25) is 0 Å². The standard InChI is InChI=1S/C25H22F3N5O/c1-13-11-29-21-7-6-14(12-32(13)21)25(34)33-16-4-3-5-20(33)23-17(10-16)24(31(2)30-23)15-8-18(26)22(28)19(27)9-15/h6-9,11-12,16,20H,3-5,10H2,1-2H3/t16-,20+/m0/s1. The molecule has 1 aromatic carbocycles. The zero-order valence-corrected chi connectivity index (χ0v) is 18.7. The molecule has 6 rings (SSSR count). The first-order chi connectivity index (χ1) is 16.3. The van der Waals surface area contributed by atoms with E-state index in [4.69, 9.17) is 0 Å². The van der Waals surface area contributed by atoms with Gasteiger partial charge in [-0.05, 0) is 56.9 Å². The minimum atomic E-state index is -1.49. The SMILES string of the molecule is Cc1cnc2ccc(C(=O)N3[C@H]4CCC[C@@H]3c3nn(C)c(-c5cc(F)c(F)c(F)c5)c3C4)cn12. The van der Waals surface area contributed by atoms with Gasteiger partial charge in [-0.1, -0.05) is 0 Å². The minimum absolute atomic E-state index is 0.0589. The summed E-state index contributed by atoms with van der Waals surface area (Å²) in [4.78, 5) is 19.9. The Bertz CT molecular complexity index is 1450. The molecule has 9 heteroatoms. The van der Waals surface area contributed by atoms with Crippen molar-refractivity contribution in [1.29, 1.82) is 0 Å². The molecular weight excluding hydrogens is 443 g/mol. The fraction of sp³-hybridized carbons (Fsp3) is 0.320. The van der Waals surface area contributed by atoms with E-state index < -0.39 is 17.5 Å². The number of aryl methyl sites for hydroxylation is 2. The molecule has 1 fully saturated rings. The van der Waals surface area contributed by atoms with Crippen LogP contribution in [0.1, 0.15) is 52.6 Å². The molecule has 1 amide bonds. The van der Waals surface area contributed by atoms with Gasteiger partial charge in [-0.25, -0.2) is 18.2 Å². The van der Waals surface area contributed by atoms with Crippen molar-refractivity contribution >= 4 is 11.6 Å². The number of halogens is 3. The lowest BCUT2D eigenvalue weighted by Crippen LogP contribution is -2.49. The van der Waals surface area contributed by atoms with Crippen LogP contribution in [0.2, 0.25) is 0 Å². The Morgan fingerprint density at radius 1 is 1.12 bits per heavy atom. The molecule has 2 aliphatic heterocycles. The summed E-state index contributed by atoms with van der Waals surface area (Å²) in [5.74, 6) is -4.02. The van der Waals surface area contributed by atoms with Crippen LogP contribution in [0, 0.1) is 24.4 Å². The summed E-state index contributed by atoms with van der Waals surface area (Å²) in [5, 5.41) is 4.68. The Morgan fingerprint density at radius 3 is 2.65 bits per heavy atom. The van der Waals surface area contributed by atoms with E-state index in [1.165, 1.54) is 0 Å². The number of amides is 1. The van der Waals surface area contributed by atoms with Gasteiger partial charge >= 0.3 is 0 Å². The highest BCUT2D eigenvalue weighted by atomic mass is 19.2. The summed E-state index contributed by atoms with van der Waals surface area (Å²) in [7, 11) is 1.71. The quantitative estimate of drug-likeness (QED) is 0.402. The van der Waals surface area contributed by atoms with E-state index in [-0.39, 0.29) is 23.6 Å². The highest BCUT2D eigenvalue weighted by molar-refractivity contribution is 5.95. The number of fused-ring (bicyclic) bond motifs is 5. The molecule has 6 nitrogen and oxygen atoms in total. The van der Waals surface area contributed by atoms with Gasteiger partial charge in [-0.15, -0.1) is 0 Å². The Kier molecular flexibility index (Phi) is 4.59. The lowest BCUT2D eigenvalue weighted by molar-refractivity contribution is 0.0391. The van der Waals surface area contributed by atoms with Crippen LogP contribution in [0.25, 0.3) is 16.9 Å². The first-order valence-corrected chi connectivity index (χ1v) is 11.3. The third-order valence-corrected chi connectivity index (χ3v) is 7.11. The number of piperidine rings is 1. The number of hydrogen-bond acceptors (Lipinski definition) is 3. The Morgan fingerprint density at radius 2 is 1.88 bits per heavy atom. The van der Waals surface area contributed by atoms with Crippen LogP contribution in [0.5, 0.6) is 0 Å². The highest BCUT2D eigenvalue weighted by Crippen LogP contribution is 2.45. The molecule has 0 unspecified atom stereocenters. The van der Waals surface area contributed by atoms with E-state index in [2.05, 4.69) is 10.1 Å². The zero-order valence-electron chi connectivity index (χ0n) is 18.7. The van der Waals surface area contributed by atoms with Crippen molar-refractivity contribution < 1.29 is 18.0 Å². The molecule has 0 spiro atoms. The normalized spacial score (nSPS) is 19.5. The minimum Gasteiger partial charge on any atom is -0.327 e. The number of hydrogen-bond donors (Lipinski definition) is 0. The maximum absolute atomic E-state index is 14.0. The lowest BCUT2D eigenvalue weighted by atomic mass is 9.81. The summed E-state index contributed by atoms with van der Waals surface area (Å²) in [6.45, 7) is 1.94. The number of nitrogens with zero attached hydrogens (tertiary/aromatic N) is 5. The van der Waals surface area contributed by atoms with Crippen molar-refractivity contribution in [3.8, 4) is 11.3 Å². The molecule has 5 heterocycles. The van der Waals surface area contributed by atoms with Crippen molar-refractivity contribution in [1.82, 2.24) is 24.1 Å². The van der Waals surface area contributed by atoms with E-state index in [0.717, 1.165) is 54.0 Å². The summed E-state index contributed by atoms with van der Waals surface area (Å²) < 4.78 is 45.0. The average Bonchev–Trinajstić information content (AvgIpc) is 3.35. The third kappa shape index (κ3) is 2.99. The second-order valence-corrected chi connectivity index (χ2v) is 9.15. The molecular formula is C25H22F3N5O. The van der Waals surface area contributed by atoms with E-state index >= 15 is 0 Å². The first-order valence-electron chi connectivity index (χ1n) is 11.3. The molecule has 2 bridgehead atoms. The van der Waals surface area contributed by atoms with Gasteiger partial charge in [0.1, 0.15) is 5.65 Å². The van der Waals surface area contributed by atoms with Crippen LogP contribution in [0.15, 0.2) is 36.7 Å². The Hall–Kier alpha value is -3.62. The molecule has 1 saturated heterocycles. The predicted octanol–water partition coefficient (Wildman–Crippen LogP) is 4.75. The fourth-order valence-corrected chi connectivity index (χ4v) is 5.58. The molecule has 3 aromatic heterocycles. The summed E-state index contributed by atoms with van der Waals surface area (Å²) in [6.07, 6.45) is 6.65. The molecule has 34 heavy (non-hydrogen) atoms. The Labute approximate surface area is 193 Å². The van der Waals surface area contributed by atoms with Crippen molar-refractivity contribution in [2.45, 2.75) is 44.7 Å². The number of carbonyl (C=O) groups excluding carboxylic acids is 1. The van der Waals surface area contributed by atoms with Gasteiger partial charge in [-0.3, -0.25) is 9.48 Å². The van der Waals surface area contributed by atoms with Gasteiger partial charge in [0.25, 0.3) is 5.91 Å². The third-order valence-electron chi connectivity index (χ3n) is 7.11. The number of carbonyl (C=O) groups is 1. The second kappa shape index (κ2) is 7.44. The maximum atomic E-state index is 14.0. The molecule has 4 aromatic rings. The zero-order chi connectivity index (χ0) is 23.7. The average molecular weight is 465 g/mol. The molecule has 0 saturated carbocycles. The molecule has 2 aliphatic rings. The van der Waals surface area contributed by atoms with Gasteiger partial charge < -0.3 is 9.30 Å². The second-order valence-electron chi connectivity index (χ2n) is 9.15. The smallest absolute Gasteiger partial charge is 0.256 e. The molecule has 2 atom stereocenters. The first kappa shape index (κ1) is 20.9. The molecule has 0 aliphatic carbocycles. The van der Waals surface area contributed by atoms with Gasteiger partial charge in [0, 0.05) is 42.3 Å². The van der Waals surface area contributed by atoms with E-state index in [1.807, 2.05) is 28.5 Å². The van der Waals surface area contributed by atoms with Crippen molar-refractivity contribution in [3.63, 3.8) is 0 Å². The summed E-state index contributed by atoms with van der Waals surface area (Å²) in [6, 6.07) is 5.35. The van der Waals surface area contributed by atoms with Crippen molar-refractivity contribution in [3.05, 3.63) is 76.6 Å². The largest absolute Gasteiger partial charge is 0.327 e. The Balaban J connectivity index is 1.43. The highest BCUT2D eigenvalue weighted by Gasteiger charge is 2.43. The van der Waals surface area contributed by atoms with Crippen LogP contribution < -0.4 is 0 Å².